The molecule has 8 aromatic rings. The van der Waals surface area contributed by atoms with Gasteiger partial charge in [-0.05, 0) is 90.3 Å². The Balaban J connectivity index is 1.37. The molecule has 0 fully saturated rings. The number of furan rings is 1. The van der Waals surface area contributed by atoms with Crippen LogP contribution in [0.1, 0.15) is 70.0 Å². The van der Waals surface area contributed by atoms with Crippen LogP contribution in [0.2, 0.25) is 0 Å². The molecule has 0 aliphatic heterocycles. The molecule has 236 valence electrons. The van der Waals surface area contributed by atoms with Gasteiger partial charge in [-0.25, -0.2) is 4.98 Å². The van der Waals surface area contributed by atoms with Crippen LogP contribution in [-0.4, -0.2) is 14.5 Å². The van der Waals surface area contributed by atoms with E-state index in [9.17, 15) is 0 Å². The molecule has 0 bridgehead atoms. The number of hydrogen-bond donors (Lipinski definition) is 0. The minimum Gasteiger partial charge on any atom is -0.455 e. The fourth-order valence-corrected chi connectivity index (χ4v) is 6.85. The summed E-state index contributed by atoms with van der Waals surface area (Å²) in [4.78, 5) is 9.97. The van der Waals surface area contributed by atoms with Gasteiger partial charge in [-0.2, -0.15) is 0 Å². The molecule has 4 nitrogen and oxygen atoms in total. The summed E-state index contributed by atoms with van der Waals surface area (Å²) in [7, 11) is 0. The van der Waals surface area contributed by atoms with E-state index in [1.165, 1.54) is 40.5 Å². The van der Waals surface area contributed by atoms with Gasteiger partial charge in [0.05, 0.1) is 28.0 Å². The lowest BCUT2D eigenvalue weighted by Gasteiger charge is -2.24. The van der Waals surface area contributed by atoms with Gasteiger partial charge < -0.3 is 4.42 Å². The Labute approximate surface area is 290 Å². The van der Waals surface area contributed by atoms with Crippen molar-refractivity contribution in [2.24, 2.45) is 0 Å². The number of imidazole rings is 1. The number of pyridine rings is 1. The fraction of sp³-hybridized carbons (Fsp3) is 0.182. The fourth-order valence-electron chi connectivity index (χ4n) is 6.85. The largest absolute Gasteiger partial charge is 0.455 e. The summed E-state index contributed by atoms with van der Waals surface area (Å²) in [5.74, 6) is 1.16. The van der Waals surface area contributed by atoms with Crippen LogP contribution in [0.25, 0.3) is 72.4 Å². The van der Waals surface area contributed by atoms with Gasteiger partial charge in [0.25, 0.3) is 0 Å². The number of aryl methyl sites for hydroxylation is 2. The van der Waals surface area contributed by atoms with E-state index < -0.39 is 13.7 Å². The molecule has 0 unspecified atom stereocenters. The standard InChI is InChI=1S/C44H39N3O/c1-26(2)35-22-31(30-13-8-7-9-14-30)23-36(27(3)4)42(35)47-40-18-11-10-17-38(40)46-44(47)34-16-12-15-33-37-25-45-39(24-41(37)48-43(33)34)32-20-28(5)19-29(6)21-32/h7-27H,1-6H3/i5D3,6D3. The van der Waals surface area contributed by atoms with E-state index in [0.717, 1.165) is 38.9 Å². The molecule has 5 aromatic carbocycles. The third kappa shape index (κ3) is 5.00. The molecule has 0 spiro atoms. The number of aromatic nitrogens is 3. The van der Waals surface area contributed by atoms with Crippen LogP contribution >= 0.6 is 0 Å². The maximum atomic E-state index is 7.99. The second kappa shape index (κ2) is 11.6. The predicted molar refractivity (Wildman–Crippen MR) is 200 cm³/mol. The average Bonchev–Trinajstić information content (AvgIpc) is 3.72. The first-order valence-corrected chi connectivity index (χ1v) is 16.4. The number of benzene rings is 5. The quantitative estimate of drug-likeness (QED) is 0.183. The number of nitrogens with zero attached hydrogens (tertiary/aromatic N) is 3. The van der Waals surface area contributed by atoms with Gasteiger partial charge in [-0.1, -0.05) is 99.5 Å². The lowest BCUT2D eigenvalue weighted by Crippen LogP contribution is -2.09. The summed E-state index contributed by atoms with van der Waals surface area (Å²) in [5, 5.41) is 1.63. The molecule has 3 aromatic heterocycles. The maximum Gasteiger partial charge on any atom is 0.149 e. The second-order valence-electron chi connectivity index (χ2n) is 13.1. The van der Waals surface area contributed by atoms with Crippen molar-refractivity contribution in [2.45, 2.75) is 53.2 Å². The summed E-state index contributed by atoms with van der Waals surface area (Å²) >= 11 is 0. The van der Waals surface area contributed by atoms with E-state index in [1.54, 1.807) is 12.3 Å². The van der Waals surface area contributed by atoms with Crippen LogP contribution in [0.15, 0.2) is 120 Å². The second-order valence-corrected chi connectivity index (χ2v) is 13.1. The Bertz CT molecular complexity index is 2640. The summed E-state index contributed by atoms with van der Waals surface area (Å²) < 4.78 is 56.9. The first kappa shape index (κ1) is 23.8. The van der Waals surface area contributed by atoms with Gasteiger partial charge >= 0.3 is 0 Å². The molecule has 0 amide bonds. The van der Waals surface area contributed by atoms with E-state index in [2.05, 4.69) is 74.7 Å². The molecule has 8 rings (SSSR count). The molecule has 3 heterocycles. The molecular weight excluding hydrogens is 587 g/mol. The van der Waals surface area contributed by atoms with Crippen molar-refractivity contribution >= 4 is 33.0 Å². The summed E-state index contributed by atoms with van der Waals surface area (Å²) in [6.45, 7) is 3.94. The SMILES string of the molecule is [2H]C([2H])([2H])c1cc(-c2cc3oc4c(-c5nc6ccccc6n5-c5c(C(C)C)cc(-c6ccccc6)cc5C(C)C)cccc4c3cn2)cc(C([2H])([2H])[2H])c1. The Kier molecular flexibility index (Phi) is 5.77. The average molecular weight is 632 g/mol. The zero-order valence-electron chi connectivity index (χ0n) is 33.4. The molecule has 0 aliphatic carbocycles. The number of hydrogen-bond acceptors (Lipinski definition) is 3. The molecule has 48 heavy (non-hydrogen) atoms. The van der Waals surface area contributed by atoms with Crippen molar-refractivity contribution in [1.29, 1.82) is 0 Å². The molecule has 0 aliphatic rings. The van der Waals surface area contributed by atoms with Crippen molar-refractivity contribution in [3.63, 3.8) is 0 Å². The Hall–Kier alpha value is -5.48. The van der Waals surface area contributed by atoms with Crippen LogP contribution in [0.3, 0.4) is 0 Å². The van der Waals surface area contributed by atoms with Crippen LogP contribution in [0, 0.1) is 13.7 Å². The van der Waals surface area contributed by atoms with Crippen molar-refractivity contribution in [2.75, 3.05) is 0 Å². The molecule has 0 saturated carbocycles. The van der Waals surface area contributed by atoms with E-state index in [-0.39, 0.29) is 23.0 Å². The topological polar surface area (TPSA) is 43.9 Å². The normalized spacial score (nSPS) is 14.3. The first-order valence-electron chi connectivity index (χ1n) is 19.4. The molecular formula is C44H39N3O. The van der Waals surface area contributed by atoms with Crippen LogP contribution in [0.5, 0.6) is 0 Å². The highest BCUT2D eigenvalue weighted by Gasteiger charge is 2.25. The van der Waals surface area contributed by atoms with Crippen molar-refractivity contribution in [3.8, 4) is 39.5 Å². The first-order chi connectivity index (χ1) is 25.7. The van der Waals surface area contributed by atoms with Crippen molar-refractivity contribution < 1.29 is 12.6 Å². The summed E-state index contributed by atoms with van der Waals surface area (Å²) in [6, 6.07) is 35.3. The number of para-hydroxylation sites is 3. The minimum atomic E-state index is -2.49. The predicted octanol–water partition coefficient (Wildman–Crippen LogP) is 12.2. The van der Waals surface area contributed by atoms with E-state index in [4.69, 9.17) is 22.6 Å². The molecule has 4 heteroatoms. The van der Waals surface area contributed by atoms with E-state index >= 15 is 0 Å². The third-order valence-electron chi connectivity index (χ3n) is 9.16. The number of fused-ring (bicyclic) bond motifs is 4. The van der Waals surface area contributed by atoms with Gasteiger partial charge in [-0.3, -0.25) is 9.55 Å². The molecule has 0 N–H and O–H groups in total. The number of rotatable bonds is 6. The van der Waals surface area contributed by atoms with Crippen LogP contribution in [-0.2, 0) is 0 Å². The van der Waals surface area contributed by atoms with Crippen LogP contribution in [0.4, 0.5) is 0 Å². The molecule has 0 saturated heterocycles. The van der Waals surface area contributed by atoms with E-state index in [1.807, 2.05) is 42.5 Å². The van der Waals surface area contributed by atoms with Gasteiger partial charge in [0, 0.05) is 36.8 Å². The highest BCUT2D eigenvalue weighted by atomic mass is 16.3. The zero-order valence-corrected chi connectivity index (χ0v) is 27.4. The smallest absolute Gasteiger partial charge is 0.149 e. The van der Waals surface area contributed by atoms with Gasteiger partial charge in [0.15, 0.2) is 0 Å². The zero-order chi connectivity index (χ0) is 38.1. The maximum absolute atomic E-state index is 7.99. The Morgan fingerprint density at radius 1 is 0.667 bits per heavy atom. The van der Waals surface area contributed by atoms with Crippen molar-refractivity contribution in [1.82, 2.24) is 14.5 Å². The summed E-state index contributed by atoms with van der Waals surface area (Å²) in [6.07, 6.45) is 1.70. The molecule has 0 radical (unpaired) electrons. The van der Waals surface area contributed by atoms with Gasteiger partial charge in [0.1, 0.15) is 17.0 Å². The van der Waals surface area contributed by atoms with E-state index in [0.29, 0.717) is 22.4 Å². The lowest BCUT2D eigenvalue weighted by molar-refractivity contribution is 0.669. The van der Waals surface area contributed by atoms with Gasteiger partial charge in [-0.15, -0.1) is 0 Å². The summed E-state index contributed by atoms with van der Waals surface area (Å²) in [5.41, 5.74) is 10.4. The minimum absolute atomic E-state index is 0.0582. The third-order valence-corrected chi connectivity index (χ3v) is 9.16. The monoisotopic (exact) mass is 631 g/mol. The van der Waals surface area contributed by atoms with Crippen LogP contribution < -0.4 is 0 Å². The highest BCUT2D eigenvalue weighted by Crippen LogP contribution is 2.42. The Morgan fingerprint density at radius 3 is 2.08 bits per heavy atom. The molecule has 0 atom stereocenters. The Morgan fingerprint density at radius 2 is 1.38 bits per heavy atom. The lowest BCUT2D eigenvalue weighted by atomic mass is 9.88. The van der Waals surface area contributed by atoms with Crippen molar-refractivity contribution in [3.05, 3.63) is 138 Å². The highest BCUT2D eigenvalue weighted by molar-refractivity contribution is 6.09. The van der Waals surface area contributed by atoms with Gasteiger partial charge in [0.2, 0.25) is 0 Å².